The molecule has 1 N–H and O–H groups in total. The number of amidine groups is 1. The van der Waals surface area contributed by atoms with Gasteiger partial charge in [-0.05, 0) is 97.9 Å². The van der Waals surface area contributed by atoms with E-state index in [9.17, 15) is 10.1 Å². The molecule has 1 amide bonds. The minimum Gasteiger partial charge on any atom is -0.497 e. The normalized spacial score (nSPS) is 14.9. The lowest BCUT2D eigenvalue weighted by Gasteiger charge is -2.12. The number of nitriles is 1. The summed E-state index contributed by atoms with van der Waals surface area (Å²) in [5, 5.41) is 12.7. The summed E-state index contributed by atoms with van der Waals surface area (Å²) in [4.78, 5) is 17.8. The van der Waals surface area contributed by atoms with Crippen molar-refractivity contribution in [1.82, 2.24) is 9.88 Å². The average Bonchev–Trinajstić information content (AvgIpc) is 3.44. The maximum absolute atomic E-state index is 12.7. The number of carbonyl (C=O) groups excluding carboxylic acids is 1. The zero-order valence-electron chi connectivity index (χ0n) is 21.8. The highest BCUT2D eigenvalue weighted by molar-refractivity contribution is 8.18. The molecule has 1 fully saturated rings. The van der Waals surface area contributed by atoms with Crippen LogP contribution in [0.2, 0.25) is 0 Å². The predicted molar refractivity (Wildman–Crippen MR) is 155 cm³/mol. The molecular weight excluding hydrogens is 508 g/mol. The SMILES string of the molecule is COc1ccc(N=C2NC(=O)/C(=C\c3cc(C)n(-c4ccc(OCc5ccccc5C#N)cc4)c3C)S2)cc1. The molecule has 1 aromatic heterocycles. The first-order valence-electron chi connectivity index (χ1n) is 12.3. The van der Waals surface area contributed by atoms with E-state index in [1.807, 2.05) is 86.7 Å². The molecule has 2 heterocycles. The Labute approximate surface area is 231 Å². The van der Waals surface area contributed by atoms with Crippen LogP contribution < -0.4 is 14.8 Å². The molecule has 8 heteroatoms. The number of nitrogens with zero attached hydrogens (tertiary/aromatic N) is 3. The van der Waals surface area contributed by atoms with Crippen LogP contribution in [0, 0.1) is 25.2 Å². The van der Waals surface area contributed by atoms with Crippen molar-refractivity contribution in [2.24, 2.45) is 4.99 Å². The molecule has 0 bridgehead atoms. The Bertz CT molecular complexity index is 1630. The second kappa shape index (κ2) is 11.3. The van der Waals surface area contributed by atoms with Crippen molar-refractivity contribution in [1.29, 1.82) is 5.26 Å². The van der Waals surface area contributed by atoms with E-state index in [1.165, 1.54) is 11.8 Å². The third-order valence-corrected chi connectivity index (χ3v) is 7.25. The average molecular weight is 535 g/mol. The first-order valence-corrected chi connectivity index (χ1v) is 13.1. The van der Waals surface area contributed by atoms with E-state index < -0.39 is 0 Å². The summed E-state index contributed by atoms with van der Waals surface area (Å²) in [6, 6.07) is 26.9. The number of nitrogens with one attached hydrogen (secondary N) is 1. The lowest BCUT2D eigenvalue weighted by atomic mass is 10.1. The molecule has 0 radical (unpaired) electrons. The molecule has 0 atom stereocenters. The van der Waals surface area contributed by atoms with E-state index in [4.69, 9.17) is 9.47 Å². The topological polar surface area (TPSA) is 88.6 Å². The number of carbonyl (C=O) groups is 1. The molecule has 1 aliphatic rings. The number of hydrogen-bond donors (Lipinski definition) is 1. The Morgan fingerprint density at radius 2 is 1.74 bits per heavy atom. The van der Waals surface area contributed by atoms with Crippen molar-refractivity contribution in [3.05, 3.63) is 112 Å². The fourth-order valence-corrected chi connectivity index (χ4v) is 5.17. The van der Waals surface area contributed by atoms with Crippen LogP contribution >= 0.6 is 11.8 Å². The third kappa shape index (κ3) is 5.74. The number of aliphatic imine (C=N–C) groups is 1. The van der Waals surface area contributed by atoms with Crippen LogP contribution in [-0.2, 0) is 11.4 Å². The number of thioether (sulfide) groups is 1. The predicted octanol–water partition coefficient (Wildman–Crippen LogP) is 6.45. The Balaban J connectivity index is 1.31. The molecule has 7 nitrogen and oxygen atoms in total. The van der Waals surface area contributed by atoms with Crippen molar-refractivity contribution in [2.45, 2.75) is 20.5 Å². The lowest BCUT2D eigenvalue weighted by Crippen LogP contribution is -2.19. The molecule has 4 aromatic rings. The maximum Gasteiger partial charge on any atom is 0.264 e. The number of aryl methyl sites for hydroxylation is 1. The molecule has 3 aromatic carbocycles. The fraction of sp³-hybridized carbons (Fsp3) is 0.129. The fourth-order valence-electron chi connectivity index (χ4n) is 4.33. The number of benzene rings is 3. The molecule has 0 spiro atoms. The van der Waals surface area contributed by atoms with Gasteiger partial charge >= 0.3 is 0 Å². The summed E-state index contributed by atoms with van der Waals surface area (Å²) in [6.45, 7) is 4.40. The second-order valence-corrected chi connectivity index (χ2v) is 9.92. The van der Waals surface area contributed by atoms with Crippen molar-refractivity contribution in [2.75, 3.05) is 7.11 Å². The summed E-state index contributed by atoms with van der Waals surface area (Å²) in [5.74, 6) is 1.30. The molecule has 5 rings (SSSR count). The van der Waals surface area contributed by atoms with Crippen molar-refractivity contribution < 1.29 is 14.3 Å². The van der Waals surface area contributed by atoms with Gasteiger partial charge in [0, 0.05) is 22.6 Å². The van der Waals surface area contributed by atoms with Gasteiger partial charge in [-0.2, -0.15) is 5.26 Å². The molecule has 39 heavy (non-hydrogen) atoms. The number of hydrogen-bond acceptors (Lipinski definition) is 6. The van der Waals surface area contributed by atoms with Crippen LogP contribution in [0.25, 0.3) is 11.8 Å². The van der Waals surface area contributed by atoms with Crippen LogP contribution in [0.1, 0.15) is 28.1 Å². The van der Waals surface area contributed by atoms with Gasteiger partial charge < -0.3 is 19.4 Å². The van der Waals surface area contributed by atoms with Gasteiger partial charge in [-0.25, -0.2) is 4.99 Å². The first-order chi connectivity index (χ1) is 18.9. The number of methoxy groups -OCH3 is 1. The Morgan fingerprint density at radius 3 is 2.46 bits per heavy atom. The summed E-state index contributed by atoms with van der Waals surface area (Å²) in [7, 11) is 1.62. The molecule has 0 aliphatic carbocycles. The molecule has 194 valence electrons. The number of amides is 1. The summed E-state index contributed by atoms with van der Waals surface area (Å²) >= 11 is 1.32. The van der Waals surface area contributed by atoms with E-state index in [2.05, 4.69) is 27.0 Å². The summed E-state index contributed by atoms with van der Waals surface area (Å²) < 4.78 is 13.3. The summed E-state index contributed by atoms with van der Waals surface area (Å²) in [5.41, 5.74) is 6.22. The highest BCUT2D eigenvalue weighted by Gasteiger charge is 2.24. The number of ether oxygens (including phenoxy) is 2. The van der Waals surface area contributed by atoms with Crippen LogP contribution in [0.3, 0.4) is 0 Å². The van der Waals surface area contributed by atoms with Crippen LogP contribution in [0.4, 0.5) is 5.69 Å². The van der Waals surface area contributed by atoms with Gasteiger partial charge in [0.1, 0.15) is 18.1 Å². The van der Waals surface area contributed by atoms with Gasteiger partial charge in [-0.3, -0.25) is 4.79 Å². The van der Waals surface area contributed by atoms with E-state index in [0.29, 0.717) is 22.2 Å². The van der Waals surface area contributed by atoms with Crippen molar-refractivity contribution in [3.63, 3.8) is 0 Å². The minimum atomic E-state index is -0.170. The zero-order valence-corrected chi connectivity index (χ0v) is 22.6. The van der Waals surface area contributed by atoms with Crippen molar-refractivity contribution >= 4 is 34.6 Å². The molecule has 0 unspecified atom stereocenters. The second-order valence-electron chi connectivity index (χ2n) is 8.89. The first kappa shape index (κ1) is 25.9. The van der Waals surface area contributed by atoms with Crippen LogP contribution in [0.5, 0.6) is 11.5 Å². The zero-order chi connectivity index (χ0) is 27.4. The van der Waals surface area contributed by atoms with Crippen LogP contribution in [0.15, 0.2) is 88.8 Å². The minimum absolute atomic E-state index is 0.170. The Morgan fingerprint density at radius 1 is 1.03 bits per heavy atom. The van der Waals surface area contributed by atoms with E-state index >= 15 is 0 Å². The monoisotopic (exact) mass is 534 g/mol. The van der Waals surface area contributed by atoms with Gasteiger partial charge in [0.15, 0.2) is 5.17 Å². The van der Waals surface area contributed by atoms with Gasteiger partial charge in [-0.1, -0.05) is 18.2 Å². The highest BCUT2D eigenvalue weighted by Crippen LogP contribution is 2.31. The molecular formula is C31H26N4O3S. The van der Waals surface area contributed by atoms with E-state index in [-0.39, 0.29) is 5.91 Å². The van der Waals surface area contributed by atoms with Crippen LogP contribution in [-0.4, -0.2) is 22.8 Å². The van der Waals surface area contributed by atoms with Gasteiger partial charge in [0.25, 0.3) is 5.91 Å². The quantitative estimate of drug-likeness (QED) is 0.276. The smallest absolute Gasteiger partial charge is 0.264 e. The number of rotatable bonds is 7. The molecule has 0 saturated carbocycles. The maximum atomic E-state index is 12.7. The van der Waals surface area contributed by atoms with E-state index in [0.717, 1.165) is 45.4 Å². The van der Waals surface area contributed by atoms with Gasteiger partial charge in [0.2, 0.25) is 0 Å². The summed E-state index contributed by atoms with van der Waals surface area (Å²) in [6.07, 6.45) is 1.90. The Hall–Kier alpha value is -4.74. The standard InChI is InChI=1S/C31H26N4O3S/c1-20-16-24(17-29-30(36)34-31(39-29)33-25-8-12-27(37-3)13-9-25)21(2)35(20)26-10-14-28(15-11-26)38-19-23-7-5-4-6-22(23)18-32/h4-17H,19H2,1-3H3,(H,33,34,36)/b29-17+. The Kier molecular flexibility index (Phi) is 7.53. The lowest BCUT2D eigenvalue weighted by molar-refractivity contribution is -0.115. The molecule has 1 aliphatic heterocycles. The third-order valence-electron chi connectivity index (χ3n) is 6.34. The van der Waals surface area contributed by atoms with E-state index in [1.54, 1.807) is 13.2 Å². The van der Waals surface area contributed by atoms with Gasteiger partial charge in [-0.15, -0.1) is 0 Å². The largest absolute Gasteiger partial charge is 0.497 e. The van der Waals surface area contributed by atoms with Crippen molar-refractivity contribution in [3.8, 4) is 23.3 Å². The highest BCUT2D eigenvalue weighted by atomic mass is 32.2. The molecule has 1 saturated heterocycles. The van der Waals surface area contributed by atoms with Gasteiger partial charge in [0.05, 0.1) is 29.3 Å². The number of aromatic nitrogens is 1.